The first-order chi connectivity index (χ1) is 7.32. The maximum absolute atomic E-state index is 12.0. The molecule has 0 amide bonds. The molecule has 0 bridgehead atoms. The van der Waals surface area contributed by atoms with Gasteiger partial charge >= 0.3 is 0 Å². The van der Waals surface area contributed by atoms with E-state index in [1.807, 2.05) is 13.8 Å². The van der Waals surface area contributed by atoms with Crippen molar-refractivity contribution >= 4 is 10.0 Å². The number of hydrogen-bond donors (Lipinski definition) is 1. The number of nitrogens with one attached hydrogen (secondary N) is 1. The molecule has 4 nitrogen and oxygen atoms in total. The third-order valence-corrected chi connectivity index (χ3v) is 4.82. The van der Waals surface area contributed by atoms with Crippen molar-refractivity contribution in [2.45, 2.75) is 51.8 Å². The predicted molar refractivity (Wildman–Crippen MR) is 69.1 cm³/mol. The summed E-state index contributed by atoms with van der Waals surface area (Å²) in [6.07, 6.45) is 1.93. The molecule has 0 saturated carbocycles. The highest BCUT2D eigenvalue weighted by molar-refractivity contribution is 7.89. The standard InChI is InChI=1S/C11H26N2O2S/c1-6-7-8-13(5)16(14,15)11(4)9-12-10(2)3/h10-12H,6-9H2,1-5H3. The molecule has 0 aromatic heterocycles. The predicted octanol–water partition coefficient (Wildman–Crippen LogP) is 1.43. The maximum Gasteiger partial charge on any atom is 0.217 e. The van der Waals surface area contributed by atoms with Gasteiger partial charge in [-0.2, -0.15) is 0 Å². The van der Waals surface area contributed by atoms with Gasteiger partial charge in [-0.05, 0) is 13.3 Å². The van der Waals surface area contributed by atoms with Crippen molar-refractivity contribution in [3.8, 4) is 0 Å². The molecule has 0 aliphatic heterocycles. The molecule has 5 heteroatoms. The van der Waals surface area contributed by atoms with E-state index in [0.29, 0.717) is 19.1 Å². The normalized spacial score (nSPS) is 14.7. The van der Waals surface area contributed by atoms with Gasteiger partial charge < -0.3 is 5.32 Å². The Labute approximate surface area is 100 Å². The van der Waals surface area contributed by atoms with E-state index < -0.39 is 10.0 Å². The fourth-order valence-corrected chi connectivity index (χ4v) is 2.63. The summed E-state index contributed by atoms with van der Waals surface area (Å²) in [7, 11) is -1.47. The fraction of sp³-hybridized carbons (Fsp3) is 1.00. The third-order valence-electron chi connectivity index (χ3n) is 2.58. The Balaban J connectivity index is 4.29. The van der Waals surface area contributed by atoms with E-state index in [1.54, 1.807) is 14.0 Å². The summed E-state index contributed by atoms with van der Waals surface area (Å²) < 4.78 is 25.5. The first-order valence-corrected chi connectivity index (χ1v) is 7.51. The van der Waals surface area contributed by atoms with Crippen LogP contribution in [0, 0.1) is 0 Å². The van der Waals surface area contributed by atoms with Gasteiger partial charge in [-0.15, -0.1) is 0 Å². The highest BCUT2D eigenvalue weighted by atomic mass is 32.2. The molecular weight excluding hydrogens is 224 g/mol. The summed E-state index contributed by atoms with van der Waals surface area (Å²) in [5, 5.41) is 2.79. The molecule has 16 heavy (non-hydrogen) atoms. The van der Waals surface area contributed by atoms with Crippen molar-refractivity contribution in [2.75, 3.05) is 20.1 Å². The number of nitrogens with zero attached hydrogens (tertiary/aromatic N) is 1. The lowest BCUT2D eigenvalue weighted by atomic mass is 10.3. The van der Waals surface area contributed by atoms with Crippen LogP contribution in [0.5, 0.6) is 0 Å². The summed E-state index contributed by atoms with van der Waals surface area (Å²) >= 11 is 0. The lowest BCUT2D eigenvalue weighted by Gasteiger charge is -2.22. The Morgan fingerprint density at radius 2 is 1.81 bits per heavy atom. The Morgan fingerprint density at radius 1 is 1.25 bits per heavy atom. The quantitative estimate of drug-likeness (QED) is 0.709. The summed E-state index contributed by atoms with van der Waals surface area (Å²) in [5.74, 6) is 0. The molecule has 0 fully saturated rings. The van der Waals surface area contributed by atoms with Crippen LogP contribution < -0.4 is 5.32 Å². The zero-order chi connectivity index (χ0) is 12.8. The largest absolute Gasteiger partial charge is 0.313 e. The molecule has 0 radical (unpaired) electrons. The SMILES string of the molecule is CCCCN(C)S(=O)(=O)C(C)CNC(C)C. The van der Waals surface area contributed by atoms with Crippen molar-refractivity contribution in [2.24, 2.45) is 0 Å². The van der Waals surface area contributed by atoms with E-state index in [9.17, 15) is 8.42 Å². The molecule has 0 rings (SSSR count). The van der Waals surface area contributed by atoms with Gasteiger partial charge in [0.15, 0.2) is 0 Å². The molecule has 0 saturated heterocycles. The van der Waals surface area contributed by atoms with Crippen LogP contribution in [0.15, 0.2) is 0 Å². The second-order valence-corrected chi connectivity index (χ2v) is 7.05. The minimum Gasteiger partial charge on any atom is -0.313 e. The second kappa shape index (κ2) is 7.25. The van der Waals surface area contributed by atoms with E-state index in [-0.39, 0.29) is 5.25 Å². The molecule has 1 atom stereocenters. The number of sulfonamides is 1. The van der Waals surface area contributed by atoms with Gasteiger partial charge in [0, 0.05) is 26.2 Å². The van der Waals surface area contributed by atoms with Gasteiger partial charge in [0.05, 0.1) is 5.25 Å². The summed E-state index contributed by atoms with van der Waals surface area (Å²) in [6.45, 7) is 8.97. The Kier molecular flexibility index (Phi) is 7.19. The highest BCUT2D eigenvalue weighted by Gasteiger charge is 2.25. The van der Waals surface area contributed by atoms with Crippen LogP contribution in [0.4, 0.5) is 0 Å². The monoisotopic (exact) mass is 250 g/mol. The van der Waals surface area contributed by atoms with E-state index in [0.717, 1.165) is 12.8 Å². The molecule has 0 aromatic rings. The van der Waals surface area contributed by atoms with Gasteiger partial charge in [-0.25, -0.2) is 12.7 Å². The van der Waals surface area contributed by atoms with Crippen LogP contribution in [0.1, 0.15) is 40.5 Å². The van der Waals surface area contributed by atoms with Crippen molar-refractivity contribution in [3.05, 3.63) is 0 Å². The topological polar surface area (TPSA) is 49.4 Å². The Bertz CT molecular complexity index is 276. The maximum atomic E-state index is 12.0. The number of hydrogen-bond acceptors (Lipinski definition) is 3. The van der Waals surface area contributed by atoms with Crippen LogP contribution >= 0.6 is 0 Å². The lowest BCUT2D eigenvalue weighted by molar-refractivity contribution is 0.445. The van der Waals surface area contributed by atoms with Crippen LogP contribution in [0.2, 0.25) is 0 Å². The molecule has 1 N–H and O–H groups in total. The van der Waals surface area contributed by atoms with Crippen molar-refractivity contribution in [1.29, 1.82) is 0 Å². The molecule has 98 valence electrons. The molecule has 0 spiro atoms. The summed E-state index contributed by atoms with van der Waals surface area (Å²) in [5.41, 5.74) is 0. The first-order valence-electron chi connectivity index (χ1n) is 6.00. The van der Waals surface area contributed by atoms with E-state index in [2.05, 4.69) is 12.2 Å². The fourth-order valence-electron chi connectivity index (χ4n) is 1.32. The second-order valence-electron chi connectivity index (χ2n) is 4.59. The van der Waals surface area contributed by atoms with Gasteiger partial charge in [0.25, 0.3) is 0 Å². The van der Waals surface area contributed by atoms with E-state index >= 15 is 0 Å². The van der Waals surface area contributed by atoms with E-state index in [1.165, 1.54) is 4.31 Å². The number of rotatable bonds is 8. The van der Waals surface area contributed by atoms with Gasteiger partial charge in [-0.3, -0.25) is 0 Å². The minimum atomic E-state index is -3.14. The zero-order valence-corrected chi connectivity index (χ0v) is 12.0. The third kappa shape index (κ3) is 5.27. The molecule has 0 aliphatic rings. The van der Waals surface area contributed by atoms with E-state index in [4.69, 9.17) is 0 Å². The van der Waals surface area contributed by atoms with Gasteiger partial charge in [-0.1, -0.05) is 27.2 Å². The molecule has 0 heterocycles. The zero-order valence-electron chi connectivity index (χ0n) is 11.2. The van der Waals surface area contributed by atoms with Crippen molar-refractivity contribution < 1.29 is 8.42 Å². The molecule has 0 aromatic carbocycles. The number of unbranched alkanes of at least 4 members (excludes halogenated alkanes) is 1. The van der Waals surface area contributed by atoms with Crippen LogP contribution in [0.25, 0.3) is 0 Å². The van der Waals surface area contributed by atoms with Crippen LogP contribution in [0.3, 0.4) is 0 Å². The summed E-state index contributed by atoms with van der Waals surface area (Å²) in [6, 6.07) is 0.318. The minimum absolute atomic E-state index is 0.318. The van der Waals surface area contributed by atoms with Gasteiger partial charge in [0.1, 0.15) is 0 Å². The van der Waals surface area contributed by atoms with Crippen molar-refractivity contribution in [1.82, 2.24) is 9.62 Å². The average Bonchev–Trinajstić information content (AvgIpc) is 2.21. The Hall–Kier alpha value is -0.130. The average molecular weight is 250 g/mol. The molecular formula is C11H26N2O2S. The smallest absolute Gasteiger partial charge is 0.217 e. The molecule has 1 unspecified atom stereocenters. The van der Waals surface area contributed by atoms with Gasteiger partial charge in [0.2, 0.25) is 10.0 Å². The summed E-state index contributed by atoms with van der Waals surface area (Å²) in [4.78, 5) is 0. The van der Waals surface area contributed by atoms with Crippen LogP contribution in [-0.2, 0) is 10.0 Å². The first kappa shape index (κ1) is 15.9. The van der Waals surface area contributed by atoms with Crippen molar-refractivity contribution in [3.63, 3.8) is 0 Å². The highest BCUT2D eigenvalue weighted by Crippen LogP contribution is 2.07. The Morgan fingerprint density at radius 3 is 2.25 bits per heavy atom. The van der Waals surface area contributed by atoms with Crippen LogP contribution in [-0.4, -0.2) is 44.2 Å². The molecule has 0 aliphatic carbocycles. The lowest BCUT2D eigenvalue weighted by Crippen LogP contribution is -2.42.